The van der Waals surface area contributed by atoms with Crippen LogP contribution in [0, 0.1) is 12.3 Å². The SMILES string of the molecule is Cc1ccc2c(c1)C(C(C)(C)C)CC2. The van der Waals surface area contributed by atoms with Crippen molar-refractivity contribution in [2.45, 2.75) is 46.5 Å². The maximum atomic E-state index is 2.39. The van der Waals surface area contributed by atoms with Gasteiger partial charge in [-0.2, -0.15) is 0 Å². The topological polar surface area (TPSA) is 0 Å². The van der Waals surface area contributed by atoms with Crippen LogP contribution >= 0.6 is 0 Å². The molecule has 2 rings (SSSR count). The Labute approximate surface area is 87.3 Å². The highest BCUT2D eigenvalue weighted by molar-refractivity contribution is 5.39. The highest BCUT2D eigenvalue weighted by atomic mass is 14.4. The van der Waals surface area contributed by atoms with Crippen LogP contribution in [-0.4, -0.2) is 0 Å². The van der Waals surface area contributed by atoms with Gasteiger partial charge in [0.1, 0.15) is 0 Å². The second-order valence-electron chi connectivity index (χ2n) is 5.66. The van der Waals surface area contributed by atoms with Crippen LogP contribution in [0.4, 0.5) is 0 Å². The van der Waals surface area contributed by atoms with Crippen LogP contribution < -0.4 is 0 Å². The first-order valence-corrected chi connectivity index (χ1v) is 5.58. The monoisotopic (exact) mass is 188 g/mol. The number of rotatable bonds is 0. The van der Waals surface area contributed by atoms with E-state index in [-0.39, 0.29) is 0 Å². The number of hydrogen-bond donors (Lipinski definition) is 0. The summed E-state index contributed by atoms with van der Waals surface area (Å²) in [5.74, 6) is 0.761. The van der Waals surface area contributed by atoms with Gasteiger partial charge in [0.05, 0.1) is 0 Å². The molecule has 1 aliphatic rings. The Morgan fingerprint density at radius 3 is 2.57 bits per heavy atom. The first-order chi connectivity index (χ1) is 6.48. The molecule has 0 heterocycles. The fraction of sp³-hybridized carbons (Fsp3) is 0.571. The zero-order valence-corrected chi connectivity index (χ0v) is 9.72. The molecule has 1 atom stereocenters. The molecule has 0 saturated heterocycles. The lowest BCUT2D eigenvalue weighted by molar-refractivity contribution is 0.319. The maximum absolute atomic E-state index is 2.39. The van der Waals surface area contributed by atoms with Gasteiger partial charge in [0, 0.05) is 0 Å². The largest absolute Gasteiger partial charge is 0.0596 e. The molecule has 0 radical (unpaired) electrons. The molecule has 0 amide bonds. The van der Waals surface area contributed by atoms with Crippen molar-refractivity contribution in [2.75, 3.05) is 0 Å². The molecular formula is C14H20. The molecule has 14 heavy (non-hydrogen) atoms. The summed E-state index contributed by atoms with van der Waals surface area (Å²) in [7, 11) is 0. The van der Waals surface area contributed by atoms with Crippen LogP contribution in [0.3, 0.4) is 0 Å². The summed E-state index contributed by atoms with van der Waals surface area (Å²) in [6.07, 6.45) is 2.61. The van der Waals surface area contributed by atoms with Gasteiger partial charge >= 0.3 is 0 Å². The van der Waals surface area contributed by atoms with Crippen LogP contribution in [0.5, 0.6) is 0 Å². The quantitative estimate of drug-likeness (QED) is 0.575. The molecule has 76 valence electrons. The highest BCUT2D eigenvalue weighted by Crippen LogP contribution is 2.44. The first kappa shape index (κ1) is 9.76. The predicted octanol–water partition coefficient (Wildman–Crippen LogP) is 4.07. The Balaban J connectivity index is 2.43. The van der Waals surface area contributed by atoms with E-state index in [9.17, 15) is 0 Å². The summed E-state index contributed by atoms with van der Waals surface area (Å²) in [6.45, 7) is 9.26. The minimum absolute atomic E-state index is 0.416. The molecule has 0 bridgehead atoms. The molecule has 0 fully saturated rings. The van der Waals surface area contributed by atoms with E-state index in [4.69, 9.17) is 0 Å². The van der Waals surface area contributed by atoms with Crippen LogP contribution in [-0.2, 0) is 6.42 Å². The summed E-state index contributed by atoms with van der Waals surface area (Å²) < 4.78 is 0. The van der Waals surface area contributed by atoms with Gasteiger partial charge in [-0.15, -0.1) is 0 Å². The van der Waals surface area contributed by atoms with Crippen molar-refractivity contribution in [3.63, 3.8) is 0 Å². The van der Waals surface area contributed by atoms with Gasteiger partial charge in [-0.3, -0.25) is 0 Å². The molecule has 0 aliphatic heterocycles. The Morgan fingerprint density at radius 1 is 1.21 bits per heavy atom. The van der Waals surface area contributed by atoms with Crippen molar-refractivity contribution < 1.29 is 0 Å². The van der Waals surface area contributed by atoms with Crippen molar-refractivity contribution in [1.82, 2.24) is 0 Å². The summed E-state index contributed by atoms with van der Waals surface area (Å²) in [5, 5.41) is 0. The molecule has 1 aliphatic carbocycles. The molecule has 0 heteroatoms. The van der Waals surface area contributed by atoms with Gasteiger partial charge in [0.15, 0.2) is 0 Å². The van der Waals surface area contributed by atoms with Crippen LogP contribution in [0.25, 0.3) is 0 Å². The molecule has 0 nitrogen and oxygen atoms in total. The molecule has 1 aromatic rings. The van der Waals surface area contributed by atoms with E-state index in [0.717, 1.165) is 5.92 Å². The maximum Gasteiger partial charge on any atom is -0.0107 e. The van der Waals surface area contributed by atoms with E-state index in [1.54, 1.807) is 11.1 Å². The zero-order chi connectivity index (χ0) is 10.3. The van der Waals surface area contributed by atoms with E-state index in [0.29, 0.717) is 5.41 Å². The van der Waals surface area contributed by atoms with Gasteiger partial charge in [0.25, 0.3) is 0 Å². The van der Waals surface area contributed by atoms with E-state index < -0.39 is 0 Å². The summed E-state index contributed by atoms with van der Waals surface area (Å²) in [4.78, 5) is 0. The van der Waals surface area contributed by atoms with E-state index in [1.165, 1.54) is 18.4 Å². The van der Waals surface area contributed by atoms with Crippen LogP contribution in [0.1, 0.15) is 49.8 Å². The van der Waals surface area contributed by atoms with Gasteiger partial charge in [-0.25, -0.2) is 0 Å². The van der Waals surface area contributed by atoms with E-state index in [2.05, 4.69) is 45.9 Å². The lowest BCUT2D eigenvalue weighted by Crippen LogP contribution is -2.15. The fourth-order valence-corrected chi connectivity index (χ4v) is 2.62. The minimum Gasteiger partial charge on any atom is -0.0596 e. The fourth-order valence-electron chi connectivity index (χ4n) is 2.62. The zero-order valence-electron chi connectivity index (χ0n) is 9.72. The summed E-state index contributed by atoms with van der Waals surface area (Å²) >= 11 is 0. The lowest BCUT2D eigenvalue weighted by atomic mass is 9.77. The van der Waals surface area contributed by atoms with Crippen molar-refractivity contribution in [3.05, 3.63) is 34.9 Å². The highest BCUT2D eigenvalue weighted by Gasteiger charge is 2.31. The number of hydrogen-bond acceptors (Lipinski definition) is 0. The third-order valence-corrected chi connectivity index (χ3v) is 3.42. The molecule has 0 spiro atoms. The third kappa shape index (κ3) is 1.58. The Morgan fingerprint density at radius 2 is 1.93 bits per heavy atom. The van der Waals surface area contributed by atoms with Gasteiger partial charge in [-0.05, 0) is 42.2 Å². The molecule has 1 aromatic carbocycles. The standard InChI is InChI=1S/C14H20/c1-10-5-6-11-7-8-13(12(11)9-10)14(2,3)4/h5-6,9,13H,7-8H2,1-4H3. The average Bonchev–Trinajstić information content (AvgIpc) is 2.45. The minimum atomic E-state index is 0.416. The molecule has 0 N–H and O–H groups in total. The molecule has 0 aromatic heterocycles. The van der Waals surface area contributed by atoms with E-state index in [1.807, 2.05) is 0 Å². The molecule has 0 saturated carbocycles. The Hall–Kier alpha value is -0.780. The second kappa shape index (κ2) is 3.12. The Kier molecular flexibility index (Phi) is 2.17. The first-order valence-electron chi connectivity index (χ1n) is 5.58. The van der Waals surface area contributed by atoms with Crippen molar-refractivity contribution in [3.8, 4) is 0 Å². The van der Waals surface area contributed by atoms with Gasteiger partial charge in [0.2, 0.25) is 0 Å². The third-order valence-electron chi connectivity index (χ3n) is 3.42. The summed E-state index contributed by atoms with van der Waals surface area (Å²) in [6, 6.07) is 6.94. The number of fused-ring (bicyclic) bond motifs is 1. The lowest BCUT2D eigenvalue weighted by Gasteiger charge is -2.28. The van der Waals surface area contributed by atoms with Crippen molar-refractivity contribution >= 4 is 0 Å². The second-order valence-corrected chi connectivity index (χ2v) is 5.66. The Bertz CT molecular complexity index is 342. The predicted molar refractivity (Wildman–Crippen MR) is 61.7 cm³/mol. The molecular weight excluding hydrogens is 168 g/mol. The smallest absolute Gasteiger partial charge is 0.0107 e. The van der Waals surface area contributed by atoms with Gasteiger partial charge < -0.3 is 0 Å². The number of aryl methyl sites for hydroxylation is 2. The van der Waals surface area contributed by atoms with Gasteiger partial charge in [-0.1, -0.05) is 44.5 Å². The molecule has 1 unspecified atom stereocenters. The van der Waals surface area contributed by atoms with Crippen LogP contribution in [0.15, 0.2) is 18.2 Å². The van der Waals surface area contributed by atoms with Crippen LogP contribution in [0.2, 0.25) is 0 Å². The van der Waals surface area contributed by atoms with Crippen molar-refractivity contribution in [1.29, 1.82) is 0 Å². The summed E-state index contributed by atoms with van der Waals surface area (Å²) in [5.41, 5.74) is 5.01. The normalized spacial score (nSPS) is 21.0. The van der Waals surface area contributed by atoms with E-state index >= 15 is 0 Å². The number of benzene rings is 1. The van der Waals surface area contributed by atoms with Crippen molar-refractivity contribution in [2.24, 2.45) is 5.41 Å². The average molecular weight is 188 g/mol.